The van der Waals surface area contributed by atoms with Crippen LogP contribution in [-0.4, -0.2) is 15.4 Å². The molecule has 2 aromatic heterocycles. The van der Waals surface area contributed by atoms with Gasteiger partial charge in [0.1, 0.15) is 11.4 Å². The fraction of sp³-hybridized carbons (Fsp3) is 0. The van der Waals surface area contributed by atoms with Crippen molar-refractivity contribution in [3.05, 3.63) is 127 Å². The summed E-state index contributed by atoms with van der Waals surface area (Å²) in [7, 11) is 0. The van der Waals surface area contributed by atoms with Gasteiger partial charge >= 0.3 is 0 Å². The molecule has 5 aromatic carbocycles. The molecule has 0 N–H and O–H groups in total. The fourth-order valence-electron chi connectivity index (χ4n) is 5.10. The molecular weight excluding hydrogens is 470 g/mol. The summed E-state index contributed by atoms with van der Waals surface area (Å²) in [4.78, 5) is 0. The second kappa shape index (κ2) is 9.08. The first-order valence-corrected chi connectivity index (χ1v) is 13.0. The zero-order valence-corrected chi connectivity index (χ0v) is 20.7. The molecule has 0 aliphatic rings. The first-order valence-electron chi connectivity index (χ1n) is 12.2. The highest BCUT2D eigenvalue weighted by Crippen LogP contribution is 2.47. The largest absolute Gasteiger partial charge is 0.135 e. The van der Waals surface area contributed by atoms with E-state index in [2.05, 4.69) is 113 Å². The van der Waals surface area contributed by atoms with Crippen LogP contribution in [0.1, 0.15) is 0 Å². The standard InChI is InChI=1S/C33H21N3S/c1-4-12-22(13-5-1)25-20-21-28-30(26-18-10-11-19-27(26)37-28)31(25)33-29(23-14-6-2-7-15-23)32(34-36-35-33)24-16-8-3-9-17-24/h1-21H. The molecule has 0 aliphatic carbocycles. The van der Waals surface area contributed by atoms with Gasteiger partial charge in [0.25, 0.3) is 0 Å². The van der Waals surface area contributed by atoms with Crippen LogP contribution in [0, 0.1) is 0 Å². The monoisotopic (exact) mass is 491 g/mol. The molecule has 0 atom stereocenters. The normalized spacial score (nSPS) is 11.2. The smallest absolute Gasteiger partial charge is 0.106 e. The van der Waals surface area contributed by atoms with Crippen molar-refractivity contribution in [2.45, 2.75) is 0 Å². The van der Waals surface area contributed by atoms with E-state index in [0.717, 1.165) is 44.8 Å². The molecule has 7 rings (SSSR count). The Morgan fingerprint density at radius 2 is 1.03 bits per heavy atom. The summed E-state index contributed by atoms with van der Waals surface area (Å²) in [6, 6.07) is 44.3. The Balaban J connectivity index is 1.66. The molecule has 7 aromatic rings. The van der Waals surface area contributed by atoms with E-state index in [4.69, 9.17) is 5.10 Å². The Morgan fingerprint density at radius 3 is 1.76 bits per heavy atom. The minimum absolute atomic E-state index is 0.826. The molecule has 0 fully saturated rings. The van der Waals surface area contributed by atoms with Crippen LogP contribution in [0.5, 0.6) is 0 Å². The zero-order valence-electron chi connectivity index (χ0n) is 19.9. The van der Waals surface area contributed by atoms with Gasteiger partial charge in [-0.1, -0.05) is 115 Å². The van der Waals surface area contributed by atoms with Crippen molar-refractivity contribution in [2.24, 2.45) is 0 Å². The average Bonchev–Trinajstić information content (AvgIpc) is 3.36. The summed E-state index contributed by atoms with van der Waals surface area (Å²) in [6.45, 7) is 0. The number of hydrogen-bond acceptors (Lipinski definition) is 4. The molecule has 0 unspecified atom stereocenters. The molecule has 0 saturated carbocycles. The van der Waals surface area contributed by atoms with Crippen molar-refractivity contribution in [3.8, 4) is 44.8 Å². The topological polar surface area (TPSA) is 38.7 Å². The first kappa shape index (κ1) is 21.6. The van der Waals surface area contributed by atoms with Crippen molar-refractivity contribution in [1.82, 2.24) is 15.4 Å². The molecule has 0 spiro atoms. The lowest BCUT2D eigenvalue weighted by Gasteiger charge is -2.17. The third-order valence-electron chi connectivity index (χ3n) is 6.74. The summed E-state index contributed by atoms with van der Waals surface area (Å²) in [5.74, 6) is 0. The lowest BCUT2D eigenvalue weighted by atomic mass is 9.88. The number of thiophene rings is 1. The third kappa shape index (κ3) is 3.70. The molecular formula is C33H21N3S. The van der Waals surface area contributed by atoms with Crippen LogP contribution in [0.4, 0.5) is 0 Å². The van der Waals surface area contributed by atoms with Gasteiger partial charge in [0.05, 0.1) is 0 Å². The van der Waals surface area contributed by atoms with E-state index in [-0.39, 0.29) is 0 Å². The highest BCUT2D eigenvalue weighted by atomic mass is 32.1. The van der Waals surface area contributed by atoms with E-state index < -0.39 is 0 Å². The van der Waals surface area contributed by atoms with Crippen molar-refractivity contribution < 1.29 is 0 Å². The van der Waals surface area contributed by atoms with Crippen LogP contribution < -0.4 is 0 Å². The minimum Gasteiger partial charge on any atom is -0.135 e. The molecule has 3 nitrogen and oxygen atoms in total. The van der Waals surface area contributed by atoms with E-state index in [1.165, 1.54) is 20.2 Å². The van der Waals surface area contributed by atoms with Crippen LogP contribution >= 0.6 is 11.3 Å². The quantitative estimate of drug-likeness (QED) is 0.247. The van der Waals surface area contributed by atoms with Crippen LogP contribution in [-0.2, 0) is 0 Å². The van der Waals surface area contributed by atoms with Gasteiger partial charge in [-0.05, 0) is 34.0 Å². The molecule has 0 saturated heterocycles. The maximum atomic E-state index is 4.78. The molecule has 0 bridgehead atoms. The van der Waals surface area contributed by atoms with Gasteiger partial charge in [0, 0.05) is 36.9 Å². The molecule has 174 valence electrons. The van der Waals surface area contributed by atoms with Gasteiger partial charge in [-0.25, -0.2) is 0 Å². The van der Waals surface area contributed by atoms with E-state index >= 15 is 0 Å². The van der Waals surface area contributed by atoms with Gasteiger partial charge in [-0.15, -0.1) is 21.5 Å². The SMILES string of the molecule is c1ccc(-c2ccc3sc4ccccc4c3c2-c2nnnc(-c3ccccc3)c2-c2ccccc2)cc1. The summed E-state index contributed by atoms with van der Waals surface area (Å²) in [5, 5.41) is 16.1. The van der Waals surface area contributed by atoms with E-state index in [9.17, 15) is 0 Å². The molecule has 2 heterocycles. The van der Waals surface area contributed by atoms with Crippen LogP contribution in [0.15, 0.2) is 127 Å². The van der Waals surface area contributed by atoms with Crippen molar-refractivity contribution in [3.63, 3.8) is 0 Å². The third-order valence-corrected chi connectivity index (χ3v) is 7.87. The second-order valence-corrected chi connectivity index (χ2v) is 10.0. The molecule has 0 aliphatic heterocycles. The maximum Gasteiger partial charge on any atom is 0.106 e. The predicted octanol–water partition coefficient (Wildman–Crippen LogP) is 8.91. The zero-order chi connectivity index (χ0) is 24.6. The van der Waals surface area contributed by atoms with Crippen LogP contribution in [0.25, 0.3) is 64.9 Å². The Hall–Kier alpha value is -4.67. The summed E-state index contributed by atoms with van der Waals surface area (Å²) < 4.78 is 2.49. The van der Waals surface area contributed by atoms with Crippen LogP contribution in [0.3, 0.4) is 0 Å². The Bertz CT molecular complexity index is 1860. The highest BCUT2D eigenvalue weighted by Gasteiger charge is 2.24. The van der Waals surface area contributed by atoms with Crippen molar-refractivity contribution >= 4 is 31.5 Å². The van der Waals surface area contributed by atoms with E-state index in [1.54, 1.807) is 0 Å². The van der Waals surface area contributed by atoms with Gasteiger partial charge in [-0.3, -0.25) is 0 Å². The lowest BCUT2D eigenvalue weighted by Crippen LogP contribution is -2.01. The number of aromatic nitrogens is 3. The Morgan fingerprint density at radius 1 is 0.432 bits per heavy atom. The van der Waals surface area contributed by atoms with E-state index in [0.29, 0.717) is 0 Å². The summed E-state index contributed by atoms with van der Waals surface area (Å²) in [5.41, 5.74) is 8.10. The molecule has 0 radical (unpaired) electrons. The molecule has 0 amide bonds. The summed E-state index contributed by atoms with van der Waals surface area (Å²) >= 11 is 1.81. The second-order valence-electron chi connectivity index (χ2n) is 8.92. The number of hydrogen-bond donors (Lipinski definition) is 0. The van der Waals surface area contributed by atoms with Crippen molar-refractivity contribution in [2.75, 3.05) is 0 Å². The molecule has 4 heteroatoms. The number of nitrogens with zero attached hydrogens (tertiary/aromatic N) is 3. The average molecular weight is 492 g/mol. The fourth-order valence-corrected chi connectivity index (χ4v) is 6.21. The minimum atomic E-state index is 0.826. The number of fused-ring (bicyclic) bond motifs is 3. The van der Waals surface area contributed by atoms with Gasteiger partial charge in [0.2, 0.25) is 0 Å². The van der Waals surface area contributed by atoms with Gasteiger partial charge in [0.15, 0.2) is 0 Å². The van der Waals surface area contributed by atoms with E-state index in [1.807, 2.05) is 35.6 Å². The Labute approximate surface area is 218 Å². The Kier molecular flexibility index (Phi) is 5.30. The van der Waals surface area contributed by atoms with Gasteiger partial charge < -0.3 is 0 Å². The first-order chi connectivity index (χ1) is 18.4. The van der Waals surface area contributed by atoms with Crippen LogP contribution in [0.2, 0.25) is 0 Å². The maximum absolute atomic E-state index is 4.78. The highest BCUT2D eigenvalue weighted by molar-refractivity contribution is 7.26. The number of benzene rings is 5. The van der Waals surface area contributed by atoms with Gasteiger partial charge in [-0.2, -0.15) is 0 Å². The number of rotatable bonds is 4. The molecule has 37 heavy (non-hydrogen) atoms. The van der Waals surface area contributed by atoms with Crippen molar-refractivity contribution in [1.29, 1.82) is 0 Å². The predicted molar refractivity (Wildman–Crippen MR) is 154 cm³/mol. The summed E-state index contributed by atoms with van der Waals surface area (Å²) in [6.07, 6.45) is 0. The lowest BCUT2D eigenvalue weighted by molar-refractivity contribution is 0.879.